The number of oxazole rings is 4. The van der Waals surface area contributed by atoms with Gasteiger partial charge in [0.25, 0.3) is 0 Å². The highest BCUT2D eigenvalue weighted by atomic mass is 16.4. The molecule has 15 aromatic carbocycles. The molecule has 23 aromatic rings. The van der Waals surface area contributed by atoms with Crippen molar-refractivity contribution >= 4 is 88.0 Å². The Morgan fingerprint density at radius 3 is 0.776 bits per heavy atom. The third kappa shape index (κ3) is 11.5. The summed E-state index contributed by atoms with van der Waals surface area (Å²) in [4.78, 5) is 51.7. The normalized spacial score (nSPS) is 11.8. The van der Waals surface area contributed by atoms with Crippen molar-refractivity contribution < 1.29 is 17.7 Å². The summed E-state index contributed by atoms with van der Waals surface area (Å²) in [6, 6.07) is 119. The number of rotatable bonds is 14. The van der Waals surface area contributed by atoms with Gasteiger partial charge in [0.05, 0.1) is 22.1 Å². The van der Waals surface area contributed by atoms with E-state index in [1.54, 1.807) is 0 Å². The third-order valence-corrected chi connectivity index (χ3v) is 21.6. The van der Waals surface area contributed by atoms with E-state index in [0.717, 1.165) is 155 Å². The van der Waals surface area contributed by atoms with Crippen molar-refractivity contribution in [3.05, 3.63) is 352 Å². The van der Waals surface area contributed by atoms with Crippen LogP contribution < -0.4 is 0 Å². The van der Waals surface area contributed by atoms with E-state index in [1.165, 1.54) is 0 Å². The van der Waals surface area contributed by atoms with Gasteiger partial charge in [0.15, 0.2) is 45.6 Å². The Labute approximate surface area is 660 Å². The fourth-order valence-corrected chi connectivity index (χ4v) is 15.8. The number of benzene rings is 15. The van der Waals surface area contributed by atoms with Gasteiger partial charge in [0, 0.05) is 66.1 Å². The van der Waals surface area contributed by atoms with Crippen LogP contribution in [0.25, 0.3) is 236 Å². The minimum absolute atomic E-state index is 0.442. The van der Waals surface area contributed by atoms with Gasteiger partial charge in [-0.1, -0.05) is 224 Å². The summed E-state index contributed by atoms with van der Waals surface area (Å²) in [6.07, 6.45) is 0. The number of hydrogen-bond donors (Lipinski definition) is 0. The molecule has 16 heteroatoms. The summed E-state index contributed by atoms with van der Waals surface area (Å²) < 4.78 is 30.1. The van der Waals surface area contributed by atoms with Crippen molar-refractivity contribution in [1.29, 1.82) is 0 Å². The molecule has 0 atom stereocenters. The second kappa shape index (κ2) is 26.8. The zero-order valence-electron chi connectivity index (χ0n) is 61.5. The van der Waals surface area contributed by atoms with E-state index in [-0.39, 0.29) is 0 Å². The maximum atomic E-state index is 6.71. The van der Waals surface area contributed by atoms with E-state index < -0.39 is 0 Å². The van der Waals surface area contributed by atoms with Gasteiger partial charge in [-0.05, 0) is 172 Å². The summed E-state index contributed by atoms with van der Waals surface area (Å²) in [5, 5.41) is 3.72. The topological polar surface area (TPSA) is 191 Å². The van der Waals surface area contributed by atoms with Crippen LogP contribution in [0.2, 0.25) is 0 Å². The van der Waals surface area contributed by atoms with Gasteiger partial charge < -0.3 is 17.7 Å². The summed E-state index contributed by atoms with van der Waals surface area (Å²) in [5.74, 6) is 5.03. The lowest BCUT2D eigenvalue weighted by atomic mass is 9.98. The van der Waals surface area contributed by atoms with E-state index in [9.17, 15) is 0 Å². The van der Waals surface area contributed by atoms with Crippen molar-refractivity contribution in [3.63, 3.8) is 0 Å². The van der Waals surface area contributed by atoms with Gasteiger partial charge in [-0.3, -0.25) is 9.13 Å². The monoisotopic (exact) mass is 1490 g/mol. The molecule has 0 radical (unpaired) electrons. The van der Waals surface area contributed by atoms with Crippen LogP contribution >= 0.6 is 0 Å². The lowest BCUT2D eigenvalue weighted by Crippen LogP contribution is -2.06. The molecule has 0 unspecified atom stereocenters. The quantitative estimate of drug-likeness (QED) is 0.0998. The zero-order chi connectivity index (χ0) is 76.3. The molecule has 8 aromatic heterocycles. The van der Waals surface area contributed by atoms with Crippen molar-refractivity contribution in [2.24, 2.45) is 0 Å². The van der Waals surface area contributed by atoms with Gasteiger partial charge >= 0.3 is 0 Å². The third-order valence-electron chi connectivity index (χ3n) is 21.6. The lowest BCUT2D eigenvalue weighted by Gasteiger charge is -2.12. The summed E-state index contributed by atoms with van der Waals surface area (Å²) in [7, 11) is 0. The van der Waals surface area contributed by atoms with E-state index in [0.29, 0.717) is 81.1 Å². The Morgan fingerprint density at radius 2 is 0.414 bits per heavy atom. The van der Waals surface area contributed by atoms with Crippen molar-refractivity contribution in [2.45, 2.75) is 0 Å². The molecule has 0 aliphatic carbocycles. The maximum Gasteiger partial charge on any atom is 0.238 e. The first-order chi connectivity index (χ1) is 57.4. The molecule has 0 saturated carbocycles. The molecule has 0 spiro atoms. The minimum atomic E-state index is 0.442. The summed E-state index contributed by atoms with van der Waals surface area (Å²) >= 11 is 0. The van der Waals surface area contributed by atoms with E-state index >= 15 is 0 Å². The van der Waals surface area contributed by atoms with Gasteiger partial charge in [-0.25, -0.2) is 29.9 Å². The van der Waals surface area contributed by atoms with Gasteiger partial charge in [0.2, 0.25) is 35.5 Å². The average Bonchev–Trinajstić information content (AvgIpc) is 1.58. The van der Waals surface area contributed by atoms with Crippen LogP contribution in [0, 0.1) is 0 Å². The molecule has 0 N–H and O–H groups in total. The highest BCUT2D eigenvalue weighted by Gasteiger charge is 2.25. The average molecular weight is 1490 g/mol. The first-order valence-corrected chi connectivity index (χ1v) is 38.1. The van der Waals surface area contributed by atoms with E-state index in [2.05, 4.69) is 191 Å². The SMILES string of the molecule is c1ccc(-c2ccc(-c3nc(-c4ccc(-c5cccc(-c6ccc7oc(-c8ccc9c(c8)c8cc(-c%10nc%11ccccc%11o%10)ccc8n9-c8nc(-c9ccccc9)nc(-c9ccc(-c%10ccccc%10)cc9)n8)nc7c6)c5)cc4)nc(-n4c5ccc(-c6nc7ccccc7o6)cc5c5cc(-c6nc7ccccc7o6)ccc54)n3)cc2)cc1. The number of aromatic nitrogens is 12. The van der Waals surface area contributed by atoms with Crippen LogP contribution in [0.15, 0.2) is 370 Å². The molecule has 16 nitrogen and oxygen atoms in total. The molecule has 0 aliphatic heterocycles. The highest BCUT2D eigenvalue weighted by Crippen LogP contribution is 2.43. The van der Waals surface area contributed by atoms with Gasteiger partial charge in [0.1, 0.15) is 22.1 Å². The molecule has 0 amide bonds. The van der Waals surface area contributed by atoms with E-state index in [1.807, 2.05) is 170 Å². The van der Waals surface area contributed by atoms with Crippen LogP contribution in [0.1, 0.15) is 0 Å². The first kappa shape index (κ1) is 65.7. The van der Waals surface area contributed by atoms with Crippen molar-refractivity contribution in [3.8, 4) is 148 Å². The highest BCUT2D eigenvalue weighted by molar-refractivity contribution is 6.13. The zero-order valence-corrected chi connectivity index (χ0v) is 61.5. The van der Waals surface area contributed by atoms with Crippen LogP contribution in [0.3, 0.4) is 0 Å². The van der Waals surface area contributed by atoms with Gasteiger partial charge in [-0.2, -0.15) is 19.9 Å². The maximum absolute atomic E-state index is 6.71. The molecule has 0 fully saturated rings. The van der Waals surface area contributed by atoms with Gasteiger partial charge in [-0.15, -0.1) is 0 Å². The Balaban J connectivity index is 0.596. The van der Waals surface area contributed by atoms with Crippen LogP contribution in [-0.2, 0) is 0 Å². The van der Waals surface area contributed by atoms with Crippen molar-refractivity contribution in [1.82, 2.24) is 59.0 Å². The van der Waals surface area contributed by atoms with Crippen molar-refractivity contribution in [2.75, 3.05) is 0 Å². The van der Waals surface area contributed by atoms with Crippen LogP contribution in [0.4, 0.5) is 0 Å². The largest absolute Gasteiger partial charge is 0.436 e. The molecule has 23 rings (SSSR count). The van der Waals surface area contributed by atoms with E-state index in [4.69, 9.17) is 67.5 Å². The number of para-hydroxylation sites is 6. The molecule has 116 heavy (non-hydrogen) atoms. The smallest absolute Gasteiger partial charge is 0.238 e. The second-order valence-corrected chi connectivity index (χ2v) is 28.7. The Kier molecular flexibility index (Phi) is 15.2. The summed E-state index contributed by atoms with van der Waals surface area (Å²) in [5.41, 5.74) is 24.4. The Bertz CT molecular complexity index is 7590. The van der Waals surface area contributed by atoms with Crippen LogP contribution in [0.5, 0.6) is 0 Å². The fourth-order valence-electron chi connectivity index (χ4n) is 15.8. The molecule has 542 valence electrons. The first-order valence-electron chi connectivity index (χ1n) is 38.1. The Hall–Kier alpha value is -16.2. The molecular weight excluding hydrogens is 1430 g/mol. The molecule has 0 aliphatic rings. The minimum Gasteiger partial charge on any atom is -0.436 e. The second-order valence-electron chi connectivity index (χ2n) is 28.7. The predicted octanol–water partition coefficient (Wildman–Crippen LogP) is 24.8. The predicted molar refractivity (Wildman–Crippen MR) is 457 cm³/mol. The summed E-state index contributed by atoms with van der Waals surface area (Å²) in [6.45, 7) is 0. The van der Waals surface area contributed by atoms with Crippen LogP contribution in [-0.4, -0.2) is 59.0 Å². The molecule has 8 heterocycles. The Morgan fingerprint density at radius 1 is 0.164 bits per heavy atom. The number of nitrogens with zero attached hydrogens (tertiary/aromatic N) is 12. The number of fused-ring (bicyclic) bond motifs is 10. The number of hydrogen-bond acceptors (Lipinski definition) is 14. The standard InChI is InChI=1S/C100H58N12O4/c1-4-17-59(18-5-1)61-31-37-65(38-32-61)92-105-91(64-21-8-3-9-22-64)107-99(108-92)111-83-48-43-73(97-103-81-27-12-15-30-89(81)115-97)56-77(83)78-57-74(46-51-86(78)111)98-104-82-58-70(47-52-90(82)116-98)69-24-16-23-68(53-69)63-35-41-67(42-36-63)94-106-93(66-39-33-62(34-40-66)60-19-6-2-7-20-60)109-100(110-94)112-84-49-44-71(95-101-79-25-10-13-28-87(79)113-95)54-75(84)76-55-72(45-50-85(76)112)96-102-80-26-11-14-29-88(80)114-96/h1-58H. The lowest BCUT2D eigenvalue weighted by molar-refractivity contribution is 0.619. The molecular formula is C100H58N12O4. The molecule has 0 saturated heterocycles. The fraction of sp³-hybridized carbons (Fsp3) is 0. The molecule has 0 bridgehead atoms.